The van der Waals surface area contributed by atoms with Crippen LogP contribution in [0.25, 0.3) is 11.1 Å². The van der Waals surface area contributed by atoms with Gasteiger partial charge in [0.2, 0.25) is 0 Å². The molecule has 0 N–H and O–H groups in total. The maximum absolute atomic E-state index is 14.6. The molecule has 0 bridgehead atoms. The van der Waals surface area contributed by atoms with Gasteiger partial charge in [-0.3, -0.25) is 0 Å². The zero-order valence-electron chi connectivity index (χ0n) is 14.6. The van der Waals surface area contributed by atoms with Crippen LogP contribution >= 0.6 is 0 Å². The van der Waals surface area contributed by atoms with Crippen LogP contribution < -0.4 is 0 Å². The van der Waals surface area contributed by atoms with E-state index in [0.717, 1.165) is 25.7 Å². The van der Waals surface area contributed by atoms with Crippen LogP contribution in [0.3, 0.4) is 0 Å². The van der Waals surface area contributed by atoms with Gasteiger partial charge in [0, 0.05) is 11.1 Å². The molecule has 0 aromatic heterocycles. The SMILES string of the molecule is CCCC1CCC(c2ccc(-c3ccc(C)c(F)c3F)cc2F)OC1. The first-order valence-electron chi connectivity index (χ1n) is 8.87. The van der Waals surface area contributed by atoms with Gasteiger partial charge in [-0.15, -0.1) is 0 Å². The second-order valence-corrected chi connectivity index (χ2v) is 6.85. The summed E-state index contributed by atoms with van der Waals surface area (Å²) in [5.74, 6) is -1.71. The molecule has 1 heterocycles. The van der Waals surface area contributed by atoms with Crippen molar-refractivity contribution in [2.24, 2.45) is 5.92 Å². The summed E-state index contributed by atoms with van der Waals surface area (Å²) in [5.41, 5.74) is 1.13. The van der Waals surface area contributed by atoms with E-state index in [1.54, 1.807) is 12.1 Å². The van der Waals surface area contributed by atoms with Gasteiger partial charge in [0.05, 0.1) is 12.7 Å². The lowest BCUT2D eigenvalue weighted by Crippen LogP contribution is -2.21. The fraction of sp³-hybridized carbons (Fsp3) is 0.429. The van der Waals surface area contributed by atoms with E-state index < -0.39 is 17.5 Å². The van der Waals surface area contributed by atoms with Gasteiger partial charge >= 0.3 is 0 Å². The molecule has 0 saturated carbocycles. The summed E-state index contributed by atoms with van der Waals surface area (Å²) in [5, 5.41) is 0. The molecule has 1 aliphatic heterocycles. The minimum absolute atomic E-state index is 0.0705. The van der Waals surface area contributed by atoms with Crippen molar-refractivity contribution in [1.29, 1.82) is 0 Å². The summed E-state index contributed by atoms with van der Waals surface area (Å²) < 4.78 is 48.3. The molecule has 2 aromatic carbocycles. The standard InChI is InChI=1S/C21H23F3O/c1-3-4-14-6-10-19(25-12-14)17-9-7-15(11-18(17)22)16-8-5-13(2)20(23)21(16)24/h5,7-9,11,14,19H,3-4,6,10,12H2,1-2H3. The molecular formula is C21H23F3O. The van der Waals surface area contributed by atoms with E-state index in [9.17, 15) is 13.2 Å². The zero-order valence-corrected chi connectivity index (χ0v) is 14.6. The predicted molar refractivity (Wildman–Crippen MR) is 92.8 cm³/mol. The van der Waals surface area contributed by atoms with Crippen LogP contribution in [0.2, 0.25) is 0 Å². The van der Waals surface area contributed by atoms with Gasteiger partial charge in [0.15, 0.2) is 11.6 Å². The highest BCUT2D eigenvalue weighted by Crippen LogP contribution is 2.35. The molecule has 25 heavy (non-hydrogen) atoms. The normalized spacial score (nSPS) is 20.7. The van der Waals surface area contributed by atoms with E-state index in [2.05, 4.69) is 6.92 Å². The Morgan fingerprint density at radius 3 is 2.48 bits per heavy atom. The smallest absolute Gasteiger partial charge is 0.166 e. The predicted octanol–water partition coefficient (Wildman–Crippen LogP) is 6.35. The first-order chi connectivity index (χ1) is 12.0. The average molecular weight is 348 g/mol. The third-order valence-electron chi connectivity index (χ3n) is 5.00. The maximum Gasteiger partial charge on any atom is 0.166 e. The summed E-state index contributed by atoms with van der Waals surface area (Å²) in [7, 11) is 0. The molecule has 3 rings (SSSR count). The number of halogens is 3. The molecule has 0 aliphatic carbocycles. The van der Waals surface area contributed by atoms with Gasteiger partial charge in [0.1, 0.15) is 5.82 Å². The second kappa shape index (κ2) is 7.61. The molecule has 4 heteroatoms. The van der Waals surface area contributed by atoms with Crippen LogP contribution in [0, 0.1) is 30.3 Å². The van der Waals surface area contributed by atoms with Gasteiger partial charge in [-0.1, -0.05) is 37.6 Å². The number of aryl methyl sites for hydroxylation is 1. The van der Waals surface area contributed by atoms with E-state index in [0.29, 0.717) is 23.7 Å². The molecule has 0 spiro atoms. The highest BCUT2D eigenvalue weighted by molar-refractivity contribution is 5.65. The summed E-state index contributed by atoms with van der Waals surface area (Å²) in [6.45, 7) is 4.30. The Hall–Kier alpha value is -1.81. The van der Waals surface area contributed by atoms with E-state index >= 15 is 0 Å². The first kappa shape index (κ1) is 18.0. The van der Waals surface area contributed by atoms with Crippen molar-refractivity contribution in [2.45, 2.75) is 45.6 Å². The van der Waals surface area contributed by atoms with Crippen molar-refractivity contribution in [3.63, 3.8) is 0 Å². The molecule has 1 aliphatic rings. The Morgan fingerprint density at radius 2 is 1.84 bits per heavy atom. The van der Waals surface area contributed by atoms with Crippen molar-refractivity contribution in [3.8, 4) is 11.1 Å². The highest BCUT2D eigenvalue weighted by Gasteiger charge is 2.25. The van der Waals surface area contributed by atoms with E-state index in [-0.39, 0.29) is 17.2 Å². The van der Waals surface area contributed by atoms with Crippen molar-refractivity contribution in [1.82, 2.24) is 0 Å². The Kier molecular flexibility index (Phi) is 5.48. The number of hydrogen-bond acceptors (Lipinski definition) is 1. The van der Waals surface area contributed by atoms with Gasteiger partial charge in [-0.25, -0.2) is 13.2 Å². The first-order valence-corrected chi connectivity index (χ1v) is 8.87. The van der Waals surface area contributed by atoms with Crippen LogP contribution in [0.1, 0.15) is 49.8 Å². The Morgan fingerprint density at radius 1 is 1.04 bits per heavy atom. The molecule has 0 radical (unpaired) electrons. The lowest BCUT2D eigenvalue weighted by Gasteiger charge is -2.29. The molecule has 2 atom stereocenters. The van der Waals surface area contributed by atoms with Crippen LogP contribution in [0.15, 0.2) is 30.3 Å². The monoisotopic (exact) mass is 348 g/mol. The third kappa shape index (κ3) is 3.74. The minimum Gasteiger partial charge on any atom is -0.373 e. The molecule has 2 unspecified atom stereocenters. The van der Waals surface area contributed by atoms with Crippen LogP contribution in [-0.4, -0.2) is 6.61 Å². The van der Waals surface area contributed by atoms with E-state index in [1.165, 1.54) is 25.1 Å². The minimum atomic E-state index is -0.941. The molecule has 0 amide bonds. The van der Waals surface area contributed by atoms with Crippen molar-refractivity contribution in [2.75, 3.05) is 6.61 Å². The summed E-state index contributed by atoms with van der Waals surface area (Å²) >= 11 is 0. The maximum atomic E-state index is 14.6. The fourth-order valence-electron chi connectivity index (χ4n) is 3.51. The zero-order chi connectivity index (χ0) is 18.0. The quantitative estimate of drug-likeness (QED) is 0.626. The van der Waals surface area contributed by atoms with Gasteiger partial charge in [0.25, 0.3) is 0 Å². The Bertz CT molecular complexity index is 749. The van der Waals surface area contributed by atoms with Crippen molar-refractivity contribution >= 4 is 0 Å². The van der Waals surface area contributed by atoms with Crippen molar-refractivity contribution < 1.29 is 17.9 Å². The fourth-order valence-corrected chi connectivity index (χ4v) is 3.51. The van der Waals surface area contributed by atoms with Crippen molar-refractivity contribution in [3.05, 3.63) is 58.9 Å². The average Bonchev–Trinajstić information content (AvgIpc) is 2.61. The number of ether oxygens (including phenoxy) is 1. The Balaban J connectivity index is 1.81. The second-order valence-electron chi connectivity index (χ2n) is 6.85. The van der Waals surface area contributed by atoms with Gasteiger partial charge in [-0.05, 0) is 49.3 Å². The van der Waals surface area contributed by atoms with E-state index in [4.69, 9.17) is 4.74 Å². The van der Waals surface area contributed by atoms with Crippen LogP contribution in [0.4, 0.5) is 13.2 Å². The van der Waals surface area contributed by atoms with Crippen LogP contribution in [-0.2, 0) is 4.74 Å². The molecule has 134 valence electrons. The van der Waals surface area contributed by atoms with Gasteiger partial charge in [-0.2, -0.15) is 0 Å². The molecule has 1 fully saturated rings. The topological polar surface area (TPSA) is 9.23 Å². The highest BCUT2D eigenvalue weighted by atomic mass is 19.2. The molecular weight excluding hydrogens is 325 g/mol. The summed E-state index contributed by atoms with van der Waals surface area (Å²) in [4.78, 5) is 0. The lowest BCUT2D eigenvalue weighted by molar-refractivity contribution is -0.0211. The van der Waals surface area contributed by atoms with Crippen LogP contribution in [0.5, 0.6) is 0 Å². The number of hydrogen-bond donors (Lipinski definition) is 0. The molecule has 1 saturated heterocycles. The number of rotatable bonds is 4. The largest absolute Gasteiger partial charge is 0.373 e. The third-order valence-corrected chi connectivity index (χ3v) is 5.00. The molecule has 1 nitrogen and oxygen atoms in total. The lowest BCUT2D eigenvalue weighted by atomic mass is 9.91. The number of benzene rings is 2. The van der Waals surface area contributed by atoms with E-state index in [1.807, 2.05) is 0 Å². The summed E-state index contributed by atoms with van der Waals surface area (Å²) in [6.07, 6.45) is 3.81. The van der Waals surface area contributed by atoms with Gasteiger partial charge < -0.3 is 4.74 Å². The summed E-state index contributed by atoms with van der Waals surface area (Å²) in [6, 6.07) is 7.51. The molecule has 2 aromatic rings. The Labute approximate surface area is 146 Å².